The van der Waals surface area contributed by atoms with Crippen LogP contribution in [0.15, 0.2) is 11.0 Å². The SMILES string of the molecule is CCn1nc(N)c2cn[nH]c2c1=O. The topological polar surface area (TPSA) is 89.6 Å². The predicted octanol–water partition coefficient (Wildman–Crippen LogP) is -0.278. The van der Waals surface area contributed by atoms with Crippen LogP contribution in [0.2, 0.25) is 0 Å². The largest absolute Gasteiger partial charge is 0.382 e. The van der Waals surface area contributed by atoms with Crippen molar-refractivity contribution in [3.63, 3.8) is 0 Å². The summed E-state index contributed by atoms with van der Waals surface area (Å²) in [5, 5.41) is 10.8. The van der Waals surface area contributed by atoms with Gasteiger partial charge in [-0.15, -0.1) is 0 Å². The van der Waals surface area contributed by atoms with Gasteiger partial charge in [0.1, 0.15) is 5.52 Å². The lowest BCUT2D eigenvalue weighted by molar-refractivity contribution is 0.626. The first kappa shape index (κ1) is 7.78. The van der Waals surface area contributed by atoms with E-state index in [2.05, 4.69) is 15.3 Å². The molecule has 0 radical (unpaired) electrons. The Morgan fingerprint density at radius 3 is 3.15 bits per heavy atom. The molecule has 0 saturated carbocycles. The molecule has 2 heterocycles. The molecule has 13 heavy (non-hydrogen) atoms. The number of hydrogen-bond donors (Lipinski definition) is 2. The van der Waals surface area contributed by atoms with E-state index in [0.29, 0.717) is 23.3 Å². The average Bonchev–Trinajstić information content (AvgIpc) is 2.60. The summed E-state index contributed by atoms with van der Waals surface area (Å²) in [6.45, 7) is 2.33. The first-order valence-electron chi connectivity index (χ1n) is 3.93. The average molecular weight is 179 g/mol. The smallest absolute Gasteiger partial charge is 0.292 e. The number of fused-ring (bicyclic) bond motifs is 1. The van der Waals surface area contributed by atoms with Crippen LogP contribution in [-0.4, -0.2) is 20.0 Å². The van der Waals surface area contributed by atoms with E-state index in [-0.39, 0.29) is 5.56 Å². The highest BCUT2D eigenvalue weighted by molar-refractivity contribution is 5.86. The molecule has 0 aliphatic carbocycles. The number of H-pyrrole nitrogens is 1. The highest BCUT2D eigenvalue weighted by atomic mass is 16.1. The molecule has 6 nitrogen and oxygen atoms in total. The number of nitrogens with zero attached hydrogens (tertiary/aromatic N) is 3. The van der Waals surface area contributed by atoms with E-state index < -0.39 is 0 Å². The molecule has 2 aromatic rings. The molecule has 0 bridgehead atoms. The minimum absolute atomic E-state index is 0.191. The van der Waals surface area contributed by atoms with Crippen molar-refractivity contribution in [3.05, 3.63) is 16.6 Å². The fraction of sp³-hybridized carbons (Fsp3) is 0.286. The Labute approximate surface area is 73.4 Å². The normalized spacial score (nSPS) is 10.8. The molecule has 0 amide bonds. The van der Waals surface area contributed by atoms with Crippen LogP contribution >= 0.6 is 0 Å². The number of nitrogens with one attached hydrogen (secondary N) is 1. The Kier molecular flexibility index (Phi) is 1.54. The van der Waals surface area contributed by atoms with Gasteiger partial charge in [0.15, 0.2) is 5.82 Å². The number of nitrogen functional groups attached to an aromatic ring is 1. The zero-order valence-electron chi connectivity index (χ0n) is 7.11. The van der Waals surface area contributed by atoms with Gasteiger partial charge in [-0.05, 0) is 6.92 Å². The molecule has 3 N–H and O–H groups in total. The van der Waals surface area contributed by atoms with E-state index in [1.54, 1.807) is 0 Å². The maximum Gasteiger partial charge on any atom is 0.292 e. The molecule has 0 fully saturated rings. The van der Waals surface area contributed by atoms with Gasteiger partial charge in [-0.1, -0.05) is 0 Å². The summed E-state index contributed by atoms with van der Waals surface area (Å²) >= 11 is 0. The first-order chi connectivity index (χ1) is 6.24. The molecule has 2 aromatic heterocycles. The van der Waals surface area contributed by atoms with E-state index in [4.69, 9.17) is 5.73 Å². The summed E-state index contributed by atoms with van der Waals surface area (Å²) < 4.78 is 1.30. The van der Waals surface area contributed by atoms with Crippen LogP contribution in [0.4, 0.5) is 5.82 Å². The van der Waals surface area contributed by atoms with E-state index in [1.165, 1.54) is 10.9 Å². The van der Waals surface area contributed by atoms with Crippen molar-refractivity contribution in [1.82, 2.24) is 20.0 Å². The molecule has 0 atom stereocenters. The van der Waals surface area contributed by atoms with Gasteiger partial charge < -0.3 is 5.73 Å². The third-order valence-electron chi connectivity index (χ3n) is 1.89. The summed E-state index contributed by atoms with van der Waals surface area (Å²) in [5.41, 5.74) is 5.84. The molecular formula is C7H9N5O. The third kappa shape index (κ3) is 0.986. The Balaban J connectivity index is 2.94. The second kappa shape index (κ2) is 2.58. The van der Waals surface area contributed by atoms with Gasteiger partial charge >= 0.3 is 0 Å². The van der Waals surface area contributed by atoms with E-state index in [9.17, 15) is 4.79 Å². The minimum atomic E-state index is -0.191. The van der Waals surface area contributed by atoms with Crippen LogP contribution < -0.4 is 11.3 Å². The summed E-state index contributed by atoms with van der Waals surface area (Å²) in [6.07, 6.45) is 1.50. The van der Waals surface area contributed by atoms with Gasteiger partial charge in [0.25, 0.3) is 5.56 Å². The summed E-state index contributed by atoms with van der Waals surface area (Å²) in [6, 6.07) is 0. The van der Waals surface area contributed by atoms with Crippen LogP contribution in [0, 0.1) is 0 Å². The van der Waals surface area contributed by atoms with Crippen LogP contribution in [0.5, 0.6) is 0 Å². The van der Waals surface area contributed by atoms with Crippen LogP contribution in [0.1, 0.15) is 6.92 Å². The quantitative estimate of drug-likeness (QED) is 0.630. The summed E-state index contributed by atoms with van der Waals surface area (Å²) in [5.74, 6) is 0.324. The van der Waals surface area contributed by atoms with E-state index in [0.717, 1.165) is 0 Å². The molecule has 0 spiro atoms. The van der Waals surface area contributed by atoms with Crippen molar-refractivity contribution in [2.45, 2.75) is 13.5 Å². The Morgan fingerprint density at radius 1 is 1.69 bits per heavy atom. The van der Waals surface area contributed by atoms with Gasteiger partial charge in [-0.3, -0.25) is 9.89 Å². The third-order valence-corrected chi connectivity index (χ3v) is 1.89. The number of aromatic nitrogens is 4. The maximum absolute atomic E-state index is 11.5. The standard InChI is InChI=1S/C7H9N5O/c1-2-12-7(13)5-4(3-9-10-5)6(8)11-12/h3H,2H2,1H3,(H2,8,11)(H,9,10). The van der Waals surface area contributed by atoms with Crippen molar-refractivity contribution in [1.29, 1.82) is 0 Å². The van der Waals surface area contributed by atoms with Crippen LogP contribution in [-0.2, 0) is 6.54 Å². The van der Waals surface area contributed by atoms with Gasteiger partial charge in [0, 0.05) is 6.54 Å². The molecule has 0 saturated heterocycles. The summed E-state index contributed by atoms with van der Waals surface area (Å²) in [4.78, 5) is 11.5. The van der Waals surface area contributed by atoms with Gasteiger partial charge in [-0.25, -0.2) is 4.68 Å². The second-order valence-electron chi connectivity index (χ2n) is 2.66. The molecular weight excluding hydrogens is 170 g/mol. The number of nitrogens with two attached hydrogens (primary N) is 1. The van der Waals surface area contributed by atoms with Crippen LogP contribution in [0.25, 0.3) is 10.9 Å². The van der Waals surface area contributed by atoms with Crippen molar-refractivity contribution >= 4 is 16.7 Å². The first-order valence-corrected chi connectivity index (χ1v) is 3.93. The molecule has 2 rings (SSSR count). The second-order valence-corrected chi connectivity index (χ2v) is 2.66. The number of aryl methyl sites for hydroxylation is 1. The lowest BCUT2D eigenvalue weighted by Gasteiger charge is -2.01. The van der Waals surface area contributed by atoms with E-state index >= 15 is 0 Å². The van der Waals surface area contributed by atoms with E-state index in [1.807, 2.05) is 6.92 Å². The Bertz CT molecular complexity index is 497. The highest BCUT2D eigenvalue weighted by Gasteiger charge is 2.08. The predicted molar refractivity (Wildman–Crippen MR) is 48.2 cm³/mol. The van der Waals surface area contributed by atoms with Crippen molar-refractivity contribution in [2.75, 3.05) is 5.73 Å². The molecule has 68 valence electrons. The zero-order chi connectivity index (χ0) is 9.42. The van der Waals surface area contributed by atoms with Crippen LogP contribution in [0.3, 0.4) is 0 Å². The van der Waals surface area contributed by atoms with Crippen molar-refractivity contribution < 1.29 is 0 Å². The fourth-order valence-electron chi connectivity index (χ4n) is 1.22. The molecule has 0 unspecified atom stereocenters. The molecule has 6 heteroatoms. The van der Waals surface area contributed by atoms with Crippen molar-refractivity contribution in [3.8, 4) is 0 Å². The van der Waals surface area contributed by atoms with Gasteiger partial charge in [-0.2, -0.15) is 10.2 Å². The number of hydrogen-bond acceptors (Lipinski definition) is 4. The monoisotopic (exact) mass is 179 g/mol. The molecule has 0 aliphatic rings. The Morgan fingerprint density at radius 2 is 2.46 bits per heavy atom. The van der Waals surface area contributed by atoms with Crippen molar-refractivity contribution in [2.24, 2.45) is 0 Å². The minimum Gasteiger partial charge on any atom is -0.382 e. The number of aromatic amines is 1. The zero-order valence-corrected chi connectivity index (χ0v) is 7.11. The highest BCUT2D eigenvalue weighted by Crippen LogP contribution is 2.10. The lowest BCUT2D eigenvalue weighted by atomic mass is 10.3. The molecule has 0 aliphatic heterocycles. The maximum atomic E-state index is 11.5. The molecule has 0 aromatic carbocycles. The Hall–Kier alpha value is -1.85. The number of anilines is 1. The van der Waals surface area contributed by atoms with Gasteiger partial charge in [0.05, 0.1) is 11.6 Å². The summed E-state index contributed by atoms with van der Waals surface area (Å²) in [7, 11) is 0. The fourth-order valence-corrected chi connectivity index (χ4v) is 1.22. The lowest BCUT2D eigenvalue weighted by Crippen LogP contribution is -2.23. The number of rotatable bonds is 1. The van der Waals surface area contributed by atoms with Gasteiger partial charge in [0.2, 0.25) is 0 Å².